The van der Waals surface area contributed by atoms with Gasteiger partial charge in [-0.05, 0) is 42.7 Å². The minimum absolute atomic E-state index is 0.250. The zero-order valence-corrected chi connectivity index (χ0v) is 15.4. The van der Waals surface area contributed by atoms with E-state index in [0.717, 1.165) is 22.3 Å². The molecule has 1 aromatic heterocycles. The molecule has 0 bridgehead atoms. The van der Waals surface area contributed by atoms with Crippen molar-refractivity contribution in [2.24, 2.45) is 0 Å². The van der Waals surface area contributed by atoms with Crippen LogP contribution in [0.4, 0.5) is 5.82 Å². The van der Waals surface area contributed by atoms with E-state index < -0.39 is 0 Å². The van der Waals surface area contributed by atoms with Gasteiger partial charge in [-0.25, -0.2) is 4.68 Å². The molecule has 6 heteroatoms. The molecule has 0 radical (unpaired) electrons. The van der Waals surface area contributed by atoms with Gasteiger partial charge in [-0.1, -0.05) is 47.5 Å². The van der Waals surface area contributed by atoms with Gasteiger partial charge in [0.2, 0.25) is 0 Å². The summed E-state index contributed by atoms with van der Waals surface area (Å²) in [5.41, 5.74) is 10.7. The predicted octanol–water partition coefficient (Wildman–Crippen LogP) is 4.23. The molecule has 2 N–H and O–H groups in total. The number of rotatable bonds is 5. The molecule has 3 rings (SSSR count). The molecule has 2 aromatic carbocycles. The number of benzene rings is 2. The van der Waals surface area contributed by atoms with Crippen LogP contribution in [0.2, 0.25) is 5.02 Å². The van der Waals surface area contributed by atoms with Crippen molar-refractivity contribution < 1.29 is 4.74 Å². The van der Waals surface area contributed by atoms with Gasteiger partial charge in [-0.3, -0.25) is 0 Å². The van der Waals surface area contributed by atoms with Crippen molar-refractivity contribution in [1.29, 1.82) is 5.26 Å². The SMILES string of the molecule is Cc1ccc(C)c(COc2nn(Cc3ccc(Cl)cc3)c(N)c2C#N)c1. The van der Waals surface area contributed by atoms with Crippen molar-refractivity contribution in [1.82, 2.24) is 9.78 Å². The van der Waals surface area contributed by atoms with E-state index >= 15 is 0 Å². The van der Waals surface area contributed by atoms with E-state index in [1.54, 1.807) is 16.8 Å². The van der Waals surface area contributed by atoms with E-state index in [9.17, 15) is 5.26 Å². The normalized spacial score (nSPS) is 10.5. The number of hydrogen-bond donors (Lipinski definition) is 1. The first-order chi connectivity index (χ1) is 12.5. The second-order valence-corrected chi connectivity index (χ2v) is 6.62. The lowest BCUT2D eigenvalue weighted by Gasteiger charge is -2.08. The van der Waals surface area contributed by atoms with E-state index in [2.05, 4.69) is 23.3 Å². The highest BCUT2D eigenvalue weighted by atomic mass is 35.5. The maximum absolute atomic E-state index is 9.43. The van der Waals surface area contributed by atoms with Crippen molar-refractivity contribution in [3.8, 4) is 11.9 Å². The van der Waals surface area contributed by atoms with Crippen LogP contribution in [-0.2, 0) is 13.2 Å². The van der Waals surface area contributed by atoms with Crippen LogP contribution in [0.5, 0.6) is 5.88 Å². The van der Waals surface area contributed by atoms with Crippen LogP contribution in [0.25, 0.3) is 0 Å². The molecule has 132 valence electrons. The quantitative estimate of drug-likeness (QED) is 0.732. The second kappa shape index (κ2) is 7.51. The monoisotopic (exact) mass is 366 g/mol. The van der Waals surface area contributed by atoms with Gasteiger partial charge in [-0.2, -0.15) is 5.26 Å². The Kier molecular flexibility index (Phi) is 5.15. The average Bonchev–Trinajstić information content (AvgIpc) is 2.92. The van der Waals surface area contributed by atoms with Crippen molar-refractivity contribution in [3.63, 3.8) is 0 Å². The van der Waals surface area contributed by atoms with Gasteiger partial charge in [-0.15, -0.1) is 5.10 Å². The molecule has 0 aliphatic heterocycles. The molecule has 3 aromatic rings. The fourth-order valence-corrected chi connectivity index (χ4v) is 2.77. The highest BCUT2D eigenvalue weighted by Crippen LogP contribution is 2.25. The summed E-state index contributed by atoms with van der Waals surface area (Å²) in [5.74, 6) is 0.540. The first-order valence-corrected chi connectivity index (χ1v) is 8.55. The second-order valence-electron chi connectivity index (χ2n) is 6.18. The fraction of sp³-hybridized carbons (Fsp3) is 0.200. The Balaban J connectivity index is 1.82. The van der Waals surface area contributed by atoms with Gasteiger partial charge in [0.1, 0.15) is 18.5 Å². The number of nitrogens with zero attached hydrogens (tertiary/aromatic N) is 3. The number of nitrogen functional groups attached to an aromatic ring is 1. The first-order valence-electron chi connectivity index (χ1n) is 8.17. The van der Waals surface area contributed by atoms with Crippen LogP contribution in [0.3, 0.4) is 0 Å². The summed E-state index contributed by atoms with van der Waals surface area (Å²) >= 11 is 5.91. The third-order valence-corrected chi connectivity index (χ3v) is 4.44. The number of aryl methyl sites for hydroxylation is 2. The Labute approximate surface area is 157 Å². The maximum atomic E-state index is 9.43. The van der Waals surface area contributed by atoms with Crippen LogP contribution < -0.4 is 10.5 Å². The van der Waals surface area contributed by atoms with Gasteiger partial charge >= 0.3 is 0 Å². The van der Waals surface area contributed by atoms with Crippen LogP contribution in [0, 0.1) is 25.2 Å². The molecular weight excluding hydrogens is 348 g/mol. The molecule has 0 aliphatic carbocycles. The number of aromatic nitrogens is 2. The molecule has 0 fully saturated rings. The third-order valence-electron chi connectivity index (χ3n) is 4.19. The van der Waals surface area contributed by atoms with E-state index in [-0.39, 0.29) is 11.4 Å². The molecule has 0 saturated carbocycles. The molecule has 0 amide bonds. The molecule has 0 spiro atoms. The van der Waals surface area contributed by atoms with Gasteiger partial charge < -0.3 is 10.5 Å². The van der Waals surface area contributed by atoms with E-state index in [1.165, 1.54) is 0 Å². The summed E-state index contributed by atoms with van der Waals surface area (Å²) in [6.07, 6.45) is 0. The van der Waals surface area contributed by atoms with Crippen LogP contribution >= 0.6 is 11.6 Å². The summed E-state index contributed by atoms with van der Waals surface area (Å²) < 4.78 is 7.38. The lowest BCUT2D eigenvalue weighted by atomic mass is 10.1. The number of anilines is 1. The minimum atomic E-state index is 0.250. The number of nitriles is 1. The smallest absolute Gasteiger partial charge is 0.253 e. The van der Waals surface area contributed by atoms with Gasteiger partial charge in [0.25, 0.3) is 5.88 Å². The summed E-state index contributed by atoms with van der Waals surface area (Å²) in [5, 5.41) is 14.5. The van der Waals surface area contributed by atoms with Crippen LogP contribution in [0.1, 0.15) is 27.8 Å². The highest BCUT2D eigenvalue weighted by Gasteiger charge is 2.17. The highest BCUT2D eigenvalue weighted by molar-refractivity contribution is 6.30. The molecule has 0 aliphatic rings. The summed E-state index contributed by atoms with van der Waals surface area (Å²) in [6.45, 7) is 4.82. The lowest BCUT2D eigenvalue weighted by molar-refractivity contribution is 0.288. The van der Waals surface area contributed by atoms with Gasteiger partial charge in [0.05, 0.1) is 6.54 Å². The van der Waals surface area contributed by atoms with E-state index in [4.69, 9.17) is 22.1 Å². The van der Waals surface area contributed by atoms with E-state index in [1.807, 2.05) is 32.0 Å². The lowest BCUT2D eigenvalue weighted by Crippen LogP contribution is -2.06. The summed E-state index contributed by atoms with van der Waals surface area (Å²) in [4.78, 5) is 0. The Morgan fingerprint density at radius 2 is 1.92 bits per heavy atom. The summed E-state index contributed by atoms with van der Waals surface area (Å²) in [7, 11) is 0. The molecule has 26 heavy (non-hydrogen) atoms. The standard InChI is InChI=1S/C20H19ClN4O/c1-13-3-4-14(2)16(9-13)12-26-20-18(10-22)19(23)25(24-20)11-15-5-7-17(21)8-6-15/h3-9H,11-12,23H2,1-2H3. The first kappa shape index (κ1) is 17.8. The molecule has 1 heterocycles. The zero-order chi connectivity index (χ0) is 18.7. The van der Waals surface area contributed by atoms with Gasteiger partial charge in [0, 0.05) is 5.02 Å². The Morgan fingerprint density at radius 1 is 1.19 bits per heavy atom. The Bertz CT molecular complexity index is 971. The largest absolute Gasteiger partial charge is 0.471 e. The van der Waals surface area contributed by atoms with Crippen LogP contribution in [-0.4, -0.2) is 9.78 Å². The molecule has 5 nitrogen and oxygen atoms in total. The van der Waals surface area contributed by atoms with Gasteiger partial charge in [0.15, 0.2) is 5.56 Å². The predicted molar refractivity (Wildman–Crippen MR) is 102 cm³/mol. The Hall–Kier alpha value is -2.97. The van der Waals surface area contributed by atoms with Crippen molar-refractivity contribution >= 4 is 17.4 Å². The molecule has 0 atom stereocenters. The van der Waals surface area contributed by atoms with Crippen LogP contribution in [0.15, 0.2) is 42.5 Å². The zero-order valence-electron chi connectivity index (χ0n) is 14.7. The average molecular weight is 367 g/mol. The Morgan fingerprint density at radius 3 is 2.62 bits per heavy atom. The maximum Gasteiger partial charge on any atom is 0.253 e. The number of hydrogen-bond acceptors (Lipinski definition) is 4. The number of ether oxygens (including phenoxy) is 1. The number of nitrogens with two attached hydrogens (primary N) is 1. The molecule has 0 saturated heterocycles. The molecular formula is C20H19ClN4O. The summed E-state index contributed by atoms with van der Waals surface area (Å²) in [6, 6.07) is 15.7. The van der Waals surface area contributed by atoms with Crippen molar-refractivity contribution in [3.05, 3.63) is 75.3 Å². The van der Waals surface area contributed by atoms with Crippen molar-refractivity contribution in [2.75, 3.05) is 5.73 Å². The fourth-order valence-electron chi connectivity index (χ4n) is 2.64. The number of halogens is 1. The topological polar surface area (TPSA) is 76.9 Å². The molecule has 0 unspecified atom stereocenters. The van der Waals surface area contributed by atoms with E-state index in [0.29, 0.717) is 24.0 Å². The minimum Gasteiger partial charge on any atom is -0.471 e. The van der Waals surface area contributed by atoms with Crippen molar-refractivity contribution in [2.45, 2.75) is 27.0 Å². The third kappa shape index (κ3) is 3.81.